The SMILES string of the molecule is CC(C)(C)OC(=O)N[C@@H]1C(=O)N2C(C(=O)OC(c3ccccc3)c3ccccc3)=C(C=C3CCN(Cc4cc[n+](Cc5cccc(O)c5)cc4)C3=O)CS[C@H]12. The lowest BCUT2D eigenvalue weighted by Gasteiger charge is -2.49. The molecule has 3 aliphatic heterocycles. The number of carbonyl (C=O) groups is 4. The van der Waals surface area contributed by atoms with Gasteiger partial charge in [-0.05, 0) is 67.7 Å². The Balaban J connectivity index is 1.14. The number of hydrogen-bond donors (Lipinski definition) is 2. The summed E-state index contributed by atoms with van der Waals surface area (Å²) in [7, 11) is 0. The van der Waals surface area contributed by atoms with Crippen molar-refractivity contribution in [3.8, 4) is 5.75 Å². The Hall–Kier alpha value is -5.88. The third kappa shape index (κ3) is 8.60. The van der Waals surface area contributed by atoms with Crippen LogP contribution in [0.5, 0.6) is 5.75 Å². The van der Waals surface area contributed by atoms with Crippen molar-refractivity contribution in [3.63, 3.8) is 0 Å². The van der Waals surface area contributed by atoms with E-state index in [1.54, 1.807) is 43.9 Å². The van der Waals surface area contributed by atoms with Gasteiger partial charge in [0.15, 0.2) is 25.0 Å². The first kappa shape index (κ1) is 37.4. The number of rotatable bonds is 10. The average molecular weight is 760 g/mol. The van der Waals surface area contributed by atoms with Crippen LogP contribution in [0.4, 0.5) is 4.79 Å². The second-order valence-corrected chi connectivity index (χ2v) is 15.8. The Morgan fingerprint density at radius 3 is 2.25 bits per heavy atom. The summed E-state index contributed by atoms with van der Waals surface area (Å²) in [5.41, 5.74) is 3.80. The zero-order chi connectivity index (χ0) is 38.7. The number of phenolic OH excluding ortho intramolecular Hbond substituents is 1. The number of nitrogens with zero attached hydrogens (tertiary/aromatic N) is 3. The molecule has 2 N–H and O–H groups in total. The fraction of sp³-hybridized carbons (Fsp3) is 0.279. The minimum absolute atomic E-state index is 0.0611. The molecule has 0 unspecified atom stereocenters. The summed E-state index contributed by atoms with van der Waals surface area (Å²) in [4.78, 5) is 57.8. The van der Waals surface area contributed by atoms with E-state index >= 15 is 0 Å². The summed E-state index contributed by atoms with van der Waals surface area (Å²) in [6.45, 7) is 6.73. The standard InChI is InChI=1S/C43H42N4O7S/c1-43(2,3)54-42(52)44-35-39(50)47-36(41(51)53-37(30-12-6-4-7-13-30)31-14-8-5-9-15-31)33(27-55-40(35)47)24-32-19-22-46(38(32)49)26-28-17-20-45(21-18-28)25-29-11-10-16-34(48)23-29/h4-18,20-21,23-24,35,37,40H,19,22,25-27H2,1-3H3,(H-,44,48,52)/p+1/t35-,40-/m1/s1. The first-order valence-corrected chi connectivity index (χ1v) is 19.2. The highest BCUT2D eigenvalue weighted by Gasteiger charge is 2.55. The lowest BCUT2D eigenvalue weighted by atomic mass is 10.00. The second-order valence-electron chi connectivity index (χ2n) is 14.7. The van der Waals surface area contributed by atoms with E-state index in [0.717, 1.165) is 22.3 Å². The molecule has 7 rings (SSSR count). The summed E-state index contributed by atoms with van der Waals surface area (Å²) < 4.78 is 13.7. The van der Waals surface area contributed by atoms with E-state index in [4.69, 9.17) is 9.47 Å². The molecule has 282 valence electrons. The largest absolute Gasteiger partial charge is 0.508 e. The van der Waals surface area contributed by atoms with Crippen LogP contribution in [-0.4, -0.2) is 68.1 Å². The molecule has 3 amide bonds. The number of alkyl carbamates (subject to hydrolysis) is 1. The molecule has 0 saturated carbocycles. The third-order valence-corrected chi connectivity index (χ3v) is 10.8. The molecule has 3 aromatic carbocycles. The summed E-state index contributed by atoms with van der Waals surface area (Å²) in [5, 5.41) is 11.9. The van der Waals surface area contributed by atoms with Crippen molar-refractivity contribution >= 4 is 35.6 Å². The zero-order valence-corrected chi connectivity index (χ0v) is 31.7. The second kappa shape index (κ2) is 15.8. The lowest BCUT2D eigenvalue weighted by molar-refractivity contribution is -0.688. The van der Waals surface area contributed by atoms with Gasteiger partial charge in [0.25, 0.3) is 5.91 Å². The van der Waals surface area contributed by atoms with Crippen LogP contribution in [-0.2, 0) is 36.9 Å². The van der Waals surface area contributed by atoms with Crippen molar-refractivity contribution in [2.45, 2.75) is 63.4 Å². The van der Waals surface area contributed by atoms with Crippen LogP contribution < -0.4 is 9.88 Å². The molecular weight excluding hydrogens is 717 g/mol. The maximum atomic E-state index is 14.4. The van der Waals surface area contributed by atoms with Crippen LogP contribution >= 0.6 is 11.8 Å². The average Bonchev–Trinajstić information content (AvgIpc) is 3.50. The van der Waals surface area contributed by atoms with Crippen LogP contribution in [0, 0.1) is 0 Å². The van der Waals surface area contributed by atoms with Gasteiger partial charge < -0.3 is 24.8 Å². The number of aromatic hydroxyl groups is 1. The predicted molar refractivity (Wildman–Crippen MR) is 206 cm³/mol. The topological polar surface area (TPSA) is 129 Å². The Labute approximate surface area is 324 Å². The Bertz CT molecular complexity index is 2110. The summed E-state index contributed by atoms with van der Waals surface area (Å²) in [6, 6.07) is 28.9. The molecule has 0 bridgehead atoms. The van der Waals surface area contributed by atoms with E-state index in [9.17, 15) is 24.3 Å². The van der Waals surface area contributed by atoms with Gasteiger partial charge in [-0.3, -0.25) is 14.5 Å². The number of benzene rings is 3. The molecule has 0 aliphatic carbocycles. The number of amides is 3. The first-order valence-electron chi connectivity index (χ1n) is 18.2. The van der Waals surface area contributed by atoms with E-state index in [2.05, 4.69) is 5.32 Å². The number of likely N-dealkylation sites (tertiary alicyclic amines) is 1. The Kier molecular flexibility index (Phi) is 10.8. The molecule has 12 heteroatoms. The number of phenols is 1. The monoisotopic (exact) mass is 759 g/mol. The van der Waals surface area contributed by atoms with Crippen molar-refractivity contribution in [2.75, 3.05) is 12.3 Å². The predicted octanol–water partition coefficient (Wildman–Crippen LogP) is 5.78. The molecule has 4 heterocycles. The smallest absolute Gasteiger partial charge is 0.408 e. The van der Waals surface area contributed by atoms with Crippen LogP contribution in [0.15, 0.2) is 132 Å². The molecule has 2 saturated heterocycles. The Morgan fingerprint density at radius 1 is 0.945 bits per heavy atom. The number of allylic oxidation sites excluding steroid dienone is 1. The molecule has 11 nitrogen and oxygen atoms in total. The number of nitrogens with one attached hydrogen (secondary N) is 1. The maximum Gasteiger partial charge on any atom is 0.408 e. The van der Waals surface area contributed by atoms with E-state index in [1.807, 2.05) is 102 Å². The van der Waals surface area contributed by atoms with Crippen molar-refractivity contribution in [2.24, 2.45) is 0 Å². The van der Waals surface area contributed by atoms with Gasteiger partial charge in [0.2, 0.25) is 5.91 Å². The van der Waals surface area contributed by atoms with Crippen molar-refractivity contribution in [1.29, 1.82) is 0 Å². The Morgan fingerprint density at radius 2 is 1.62 bits per heavy atom. The van der Waals surface area contributed by atoms with E-state index < -0.39 is 41.1 Å². The minimum atomic E-state index is -0.899. The van der Waals surface area contributed by atoms with Gasteiger partial charge in [-0.15, -0.1) is 11.8 Å². The van der Waals surface area contributed by atoms with E-state index in [0.29, 0.717) is 43.0 Å². The highest BCUT2D eigenvalue weighted by atomic mass is 32.2. The lowest BCUT2D eigenvalue weighted by Crippen LogP contribution is -2.70. The molecule has 0 spiro atoms. The van der Waals surface area contributed by atoms with Gasteiger partial charge in [-0.2, -0.15) is 0 Å². The summed E-state index contributed by atoms with van der Waals surface area (Å²) in [6.07, 6.45) is 4.62. The van der Waals surface area contributed by atoms with E-state index in [1.165, 1.54) is 16.7 Å². The van der Waals surface area contributed by atoms with Gasteiger partial charge in [0.05, 0.1) is 0 Å². The number of pyridine rings is 1. The molecule has 1 aromatic heterocycles. The van der Waals surface area contributed by atoms with Crippen molar-refractivity contribution in [3.05, 3.63) is 155 Å². The normalized spacial score (nSPS) is 19.0. The van der Waals surface area contributed by atoms with Crippen LogP contribution in [0.2, 0.25) is 0 Å². The number of ether oxygens (including phenoxy) is 2. The molecule has 2 fully saturated rings. The highest BCUT2D eigenvalue weighted by molar-refractivity contribution is 8.00. The zero-order valence-electron chi connectivity index (χ0n) is 30.9. The van der Waals surface area contributed by atoms with E-state index in [-0.39, 0.29) is 17.4 Å². The molecule has 2 atom stereocenters. The maximum absolute atomic E-state index is 14.4. The number of carbonyl (C=O) groups excluding carboxylic acids is 4. The number of fused-ring (bicyclic) bond motifs is 1. The van der Waals surface area contributed by atoms with Gasteiger partial charge in [-0.25, -0.2) is 14.2 Å². The number of hydrogen-bond acceptors (Lipinski definition) is 8. The van der Waals surface area contributed by atoms with Gasteiger partial charge in [0.1, 0.15) is 28.5 Å². The first-order chi connectivity index (χ1) is 26.4. The van der Waals surface area contributed by atoms with Crippen LogP contribution in [0.3, 0.4) is 0 Å². The molecule has 3 aliphatic rings. The molecule has 55 heavy (non-hydrogen) atoms. The molecular formula is C43H43N4O7S+. The number of aromatic nitrogens is 1. The highest BCUT2D eigenvalue weighted by Crippen LogP contribution is 2.43. The molecule has 0 radical (unpaired) electrons. The van der Waals surface area contributed by atoms with Crippen LogP contribution in [0.1, 0.15) is 55.5 Å². The number of esters is 1. The quantitative estimate of drug-likeness (QED) is 0.0902. The number of thioether (sulfide) groups is 1. The summed E-state index contributed by atoms with van der Waals surface area (Å²) in [5.74, 6) is -0.788. The fourth-order valence-corrected chi connectivity index (χ4v) is 8.18. The van der Waals surface area contributed by atoms with Gasteiger partial charge in [-0.1, -0.05) is 72.8 Å². The van der Waals surface area contributed by atoms with Crippen molar-refractivity contribution < 1.29 is 38.3 Å². The third-order valence-electron chi connectivity index (χ3n) is 9.46. The van der Waals surface area contributed by atoms with Crippen LogP contribution in [0.25, 0.3) is 0 Å². The van der Waals surface area contributed by atoms with Crippen molar-refractivity contribution in [1.82, 2.24) is 15.1 Å². The molecule has 4 aromatic rings. The van der Waals surface area contributed by atoms with Gasteiger partial charge in [0, 0.05) is 42.1 Å². The van der Waals surface area contributed by atoms with Gasteiger partial charge >= 0.3 is 12.1 Å². The summed E-state index contributed by atoms with van der Waals surface area (Å²) >= 11 is 1.40. The minimum Gasteiger partial charge on any atom is -0.508 e. The fourth-order valence-electron chi connectivity index (χ4n) is 6.87. The number of β-lactam (4-membered cyclic amide) rings is 1.